The van der Waals surface area contributed by atoms with Gasteiger partial charge in [0.2, 0.25) is 0 Å². The van der Waals surface area contributed by atoms with Crippen LogP contribution in [0, 0.1) is 0 Å². The summed E-state index contributed by atoms with van der Waals surface area (Å²) in [5.41, 5.74) is 5.72. The molecule has 7 heteroatoms. The number of carbonyl (C=O) groups excluding carboxylic acids is 1. The van der Waals surface area contributed by atoms with Crippen molar-refractivity contribution >= 4 is 16.1 Å². The number of hydrogen-bond donors (Lipinski definition) is 2. The zero-order chi connectivity index (χ0) is 12.3. The smallest absolute Gasteiger partial charge is 0.285 e. The van der Waals surface area contributed by atoms with Gasteiger partial charge in [0.05, 0.1) is 17.6 Å². The van der Waals surface area contributed by atoms with Crippen molar-refractivity contribution in [1.82, 2.24) is 0 Å². The molecule has 0 bridgehead atoms. The molecule has 1 amide bonds. The third-order valence-corrected chi connectivity index (χ3v) is 3.37. The molecule has 1 unspecified atom stereocenters. The lowest BCUT2D eigenvalue weighted by atomic mass is 10.1. The van der Waals surface area contributed by atoms with Crippen LogP contribution in [0.4, 0.5) is 4.79 Å². The average molecular weight is 245 g/mol. The monoisotopic (exact) mass is 245 g/mol. The fourth-order valence-corrected chi connectivity index (χ4v) is 1.58. The van der Waals surface area contributed by atoms with E-state index in [1.165, 1.54) is 23.9 Å². The van der Waals surface area contributed by atoms with Crippen LogP contribution in [-0.4, -0.2) is 24.3 Å². The van der Waals surface area contributed by atoms with Gasteiger partial charge in [-0.3, -0.25) is 10.3 Å². The molecule has 0 aliphatic heterocycles. The third-order valence-electron chi connectivity index (χ3n) is 2.18. The number of amides is 1. The van der Waals surface area contributed by atoms with E-state index in [9.17, 15) is 13.2 Å². The lowest BCUT2D eigenvalue weighted by Gasteiger charge is -2.07. The van der Waals surface area contributed by atoms with E-state index in [0.29, 0.717) is 5.56 Å². The first kappa shape index (κ1) is 12.6. The Bertz CT molecular complexity index is 481. The molecule has 1 rings (SSSR count). The van der Waals surface area contributed by atoms with E-state index in [2.05, 4.69) is 0 Å². The van der Waals surface area contributed by atoms with Crippen LogP contribution < -0.4 is 10.3 Å². The van der Waals surface area contributed by atoms with Crippen molar-refractivity contribution in [2.75, 3.05) is 0 Å². The Morgan fingerprint density at radius 3 is 2.38 bits per heavy atom. The average Bonchev–Trinajstić information content (AvgIpc) is 2.17. The number of aromatic nitrogens is 1. The summed E-state index contributed by atoms with van der Waals surface area (Å²) in [5, 5.41) is -0.878. The minimum absolute atomic E-state index is 0.179. The Morgan fingerprint density at radius 1 is 1.50 bits per heavy atom. The maximum atomic E-state index is 10.8. The Labute approximate surface area is 93.5 Å². The highest BCUT2D eigenvalue weighted by Crippen LogP contribution is 2.07. The van der Waals surface area contributed by atoms with Gasteiger partial charge >= 0.3 is 6.03 Å². The summed E-state index contributed by atoms with van der Waals surface area (Å²) in [6, 6.07) is 2.54. The number of hydrogen-bond acceptors (Lipinski definition) is 3. The minimum atomic E-state index is -4.03. The van der Waals surface area contributed by atoms with Gasteiger partial charge in [-0.25, -0.2) is 0 Å². The Morgan fingerprint density at radius 2 is 2.00 bits per heavy atom. The van der Waals surface area contributed by atoms with Gasteiger partial charge in [-0.2, -0.15) is 17.8 Å². The molecule has 1 aromatic rings. The molecule has 0 saturated heterocycles. The van der Waals surface area contributed by atoms with Crippen molar-refractivity contribution in [3.8, 4) is 0 Å². The summed E-state index contributed by atoms with van der Waals surface area (Å²) in [6.45, 7) is 1.41. The number of carbonyl (C=O) groups is 1. The van der Waals surface area contributed by atoms with Crippen molar-refractivity contribution in [3.05, 3.63) is 30.1 Å². The quantitative estimate of drug-likeness (QED) is 0.564. The predicted molar refractivity (Wildman–Crippen MR) is 56.3 cm³/mol. The van der Waals surface area contributed by atoms with Crippen LogP contribution in [-0.2, 0) is 16.5 Å². The largest absolute Gasteiger partial charge is 0.493 e. The Kier molecular flexibility index (Phi) is 3.61. The van der Waals surface area contributed by atoms with Gasteiger partial charge in [0.1, 0.15) is 0 Å². The van der Waals surface area contributed by atoms with Crippen LogP contribution in [0.25, 0.3) is 0 Å². The minimum Gasteiger partial charge on any atom is -0.285 e. The summed E-state index contributed by atoms with van der Waals surface area (Å²) < 4.78 is 31.5. The summed E-state index contributed by atoms with van der Waals surface area (Å²) in [7, 11) is -4.03. The molecular formula is C9H13N2O4S+. The summed E-state index contributed by atoms with van der Waals surface area (Å²) in [6.07, 6.45) is 3.06. The molecule has 0 aliphatic rings. The number of pyridine rings is 1. The van der Waals surface area contributed by atoms with Crippen molar-refractivity contribution in [2.24, 2.45) is 5.73 Å². The van der Waals surface area contributed by atoms with E-state index >= 15 is 0 Å². The second kappa shape index (κ2) is 4.58. The second-order valence-corrected chi connectivity index (χ2v) is 5.32. The van der Waals surface area contributed by atoms with Gasteiger partial charge in [0, 0.05) is 0 Å². The fraction of sp³-hybridized carbons (Fsp3) is 0.333. The normalized spacial score (nSPS) is 13.4. The standard InChI is InChI=1S/C9H12N2O4S/c1-7(16(13,14)15)6-8-2-4-11(5-3-8)9(10)12/h2-5,7H,6H2,1H3,(H2-,10,12,13,14,15)/p+1. The van der Waals surface area contributed by atoms with Crippen molar-refractivity contribution in [2.45, 2.75) is 18.6 Å². The van der Waals surface area contributed by atoms with Gasteiger partial charge in [-0.1, -0.05) is 0 Å². The molecule has 6 nitrogen and oxygen atoms in total. The van der Waals surface area contributed by atoms with E-state index in [-0.39, 0.29) is 6.42 Å². The summed E-state index contributed by atoms with van der Waals surface area (Å²) in [4.78, 5) is 10.7. The maximum absolute atomic E-state index is 10.8. The van der Waals surface area contributed by atoms with Crippen LogP contribution >= 0.6 is 0 Å². The molecule has 0 spiro atoms. The van der Waals surface area contributed by atoms with Gasteiger partial charge < -0.3 is 0 Å². The molecule has 0 aromatic carbocycles. The molecular weight excluding hydrogens is 232 g/mol. The van der Waals surface area contributed by atoms with E-state index in [1.807, 2.05) is 0 Å². The highest BCUT2D eigenvalue weighted by molar-refractivity contribution is 7.86. The van der Waals surface area contributed by atoms with Gasteiger partial charge in [0.25, 0.3) is 10.1 Å². The molecule has 1 heterocycles. The van der Waals surface area contributed by atoms with Crippen molar-refractivity contribution in [1.29, 1.82) is 0 Å². The van der Waals surface area contributed by atoms with Crippen LogP contribution in [0.5, 0.6) is 0 Å². The first-order chi connectivity index (χ1) is 7.30. The van der Waals surface area contributed by atoms with E-state index in [1.54, 1.807) is 12.1 Å². The lowest BCUT2D eigenvalue weighted by Crippen LogP contribution is -2.46. The molecule has 88 valence electrons. The van der Waals surface area contributed by atoms with E-state index in [0.717, 1.165) is 0 Å². The number of nitrogens with two attached hydrogens (primary N) is 1. The van der Waals surface area contributed by atoms with Gasteiger partial charge in [-0.05, 0) is 31.0 Å². The lowest BCUT2D eigenvalue weighted by molar-refractivity contribution is -0.569. The molecule has 0 radical (unpaired) electrons. The topological polar surface area (TPSA) is 101 Å². The Balaban J connectivity index is 2.81. The summed E-state index contributed by atoms with van der Waals surface area (Å²) >= 11 is 0. The van der Waals surface area contributed by atoms with Crippen LogP contribution in [0.3, 0.4) is 0 Å². The van der Waals surface area contributed by atoms with E-state index < -0.39 is 21.4 Å². The Hall–Kier alpha value is -1.47. The predicted octanol–water partition coefficient (Wildman–Crippen LogP) is -0.280. The first-order valence-corrected chi connectivity index (χ1v) is 6.07. The second-order valence-electron chi connectivity index (χ2n) is 3.48. The van der Waals surface area contributed by atoms with Crippen LogP contribution in [0.2, 0.25) is 0 Å². The SMILES string of the molecule is CC(Cc1cc[n+](C(N)=O)cc1)S(=O)(=O)O. The summed E-state index contributed by atoms with van der Waals surface area (Å²) in [5.74, 6) is 0. The van der Waals surface area contributed by atoms with Gasteiger partial charge in [0.15, 0.2) is 0 Å². The third kappa shape index (κ3) is 3.28. The molecule has 16 heavy (non-hydrogen) atoms. The van der Waals surface area contributed by atoms with E-state index in [4.69, 9.17) is 10.3 Å². The number of primary amides is 1. The molecule has 0 aliphatic carbocycles. The highest BCUT2D eigenvalue weighted by Gasteiger charge is 2.17. The number of nitrogens with zero attached hydrogens (tertiary/aromatic N) is 1. The molecule has 1 atom stereocenters. The molecule has 0 fully saturated rings. The zero-order valence-electron chi connectivity index (χ0n) is 8.70. The van der Waals surface area contributed by atoms with Crippen molar-refractivity contribution in [3.63, 3.8) is 0 Å². The fourth-order valence-electron chi connectivity index (χ4n) is 1.18. The zero-order valence-corrected chi connectivity index (χ0v) is 9.52. The maximum Gasteiger partial charge on any atom is 0.493 e. The molecule has 3 N–H and O–H groups in total. The highest BCUT2D eigenvalue weighted by atomic mass is 32.2. The molecule has 1 aromatic heterocycles. The van der Waals surface area contributed by atoms with Gasteiger partial charge in [-0.15, -0.1) is 0 Å². The molecule has 0 saturated carbocycles. The number of rotatable bonds is 3. The first-order valence-electron chi connectivity index (χ1n) is 4.57. The van der Waals surface area contributed by atoms with Crippen LogP contribution in [0.15, 0.2) is 24.5 Å². The van der Waals surface area contributed by atoms with Crippen molar-refractivity contribution < 1.29 is 22.3 Å². The van der Waals surface area contributed by atoms with Crippen LogP contribution in [0.1, 0.15) is 12.5 Å².